The number of carbonyl (C=O) groups excluding carboxylic acids is 1. The third-order valence-corrected chi connectivity index (χ3v) is 5.95. The quantitative estimate of drug-likeness (QED) is 0.438. The summed E-state index contributed by atoms with van der Waals surface area (Å²) in [7, 11) is -3.40. The van der Waals surface area contributed by atoms with Gasteiger partial charge in [0.25, 0.3) is 5.91 Å². The number of hydrogen-bond acceptors (Lipinski definition) is 6. The van der Waals surface area contributed by atoms with Crippen molar-refractivity contribution >= 4 is 33.4 Å². The van der Waals surface area contributed by atoms with Gasteiger partial charge in [0.2, 0.25) is 0 Å². The SMILES string of the molecule is C=C(C)C(C=NCC)=N/C=C(\C)N[C@@H](C)c1cccc(NC(=O)c2cccc(S(C)(=O)=O)c2)c1.[HH].[HH]. The van der Waals surface area contributed by atoms with Crippen LogP contribution in [0.3, 0.4) is 0 Å². The Hall–Kier alpha value is -3.52. The summed E-state index contributed by atoms with van der Waals surface area (Å²) < 4.78 is 23.6. The lowest BCUT2D eigenvalue weighted by molar-refractivity contribution is 0.102. The average molecular weight is 485 g/mol. The number of carbonyl (C=O) groups is 1. The first-order valence-electron chi connectivity index (χ1n) is 10.9. The minimum Gasteiger partial charge on any atom is -0.381 e. The Balaban J connectivity index is 0.00000612. The largest absolute Gasteiger partial charge is 0.381 e. The van der Waals surface area contributed by atoms with Gasteiger partial charge in [-0.25, -0.2) is 8.42 Å². The molecule has 1 atom stereocenters. The molecular weight excluding hydrogens is 448 g/mol. The lowest BCUT2D eigenvalue weighted by Gasteiger charge is -2.17. The maximum atomic E-state index is 12.7. The molecule has 0 saturated heterocycles. The van der Waals surface area contributed by atoms with Crippen LogP contribution in [0.5, 0.6) is 0 Å². The highest BCUT2D eigenvalue weighted by molar-refractivity contribution is 7.90. The van der Waals surface area contributed by atoms with Crippen LogP contribution in [0.15, 0.2) is 87.5 Å². The van der Waals surface area contributed by atoms with E-state index in [0.29, 0.717) is 12.2 Å². The van der Waals surface area contributed by atoms with Gasteiger partial charge in [0.05, 0.1) is 10.6 Å². The van der Waals surface area contributed by atoms with Gasteiger partial charge >= 0.3 is 0 Å². The first-order valence-corrected chi connectivity index (χ1v) is 12.8. The first kappa shape index (κ1) is 26.7. The molecule has 0 aromatic heterocycles. The number of sulfone groups is 1. The van der Waals surface area contributed by atoms with Crippen molar-refractivity contribution in [3.05, 3.63) is 83.7 Å². The van der Waals surface area contributed by atoms with Crippen LogP contribution in [-0.2, 0) is 9.84 Å². The highest BCUT2D eigenvalue weighted by atomic mass is 32.2. The second-order valence-corrected chi connectivity index (χ2v) is 10.00. The number of aliphatic imine (C=N–C) groups is 2. The molecule has 2 aromatic rings. The van der Waals surface area contributed by atoms with Crippen LogP contribution < -0.4 is 10.6 Å². The van der Waals surface area contributed by atoms with Crippen LogP contribution in [-0.4, -0.2) is 39.1 Å². The highest BCUT2D eigenvalue weighted by Crippen LogP contribution is 2.20. The predicted molar refractivity (Wildman–Crippen MR) is 145 cm³/mol. The predicted octanol–water partition coefficient (Wildman–Crippen LogP) is 5.45. The van der Waals surface area contributed by atoms with E-state index in [-0.39, 0.29) is 25.3 Å². The zero-order chi connectivity index (χ0) is 25.3. The van der Waals surface area contributed by atoms with E-state index in [0.717, 1.165) is 28.8 Å². The lowest BCUT2D eigenvalue weighted by Crippen LogP contribution is -2.17. The molecule has 2 rings (SSSR count). The van der Waals surface area contributed by atoms with E-state index in [4.69, 9.17) is 0 Å². The monoisotopic (exact) mass is 484 g/mol. The fourth-order valence-corrected chi connectivity index (χ4v) is 3.68. The summed E-state index contributed by atoms with van der Waals surface area (Å²) in [5.41, 5.74) is 4.27. The van der Waals surface area contributed by atoms with E-state index in [2.05, 4.69) is 27.2 Å². The fraction of sp³-hybridized carbons (Fsp3) is 0.269. The molecule has 184 valence electrons. The average Bonchev–Trinajstić information content (AvgIpc) is 2.78. The van der Waals surface area contributed by atoms with Crippen molar-refractivity contribution in [1.82, 2.24) is 5.32 Å². The molecule has 2 aromatic carbocycles. The van der Waals surface area contributed by atoms with Gasteiger partial charge in [-0.2, -0.15) is 0 Å². The zero-order valence-corrected chi connectivity index (χ0v) is 21.1. The Morgan fingerprint density at radius 2 is 1.88 bits per heavy atom. The van der Waals surface area contributed by atoms with Crippen molar-refractivity contribution < 1.29 is 16.1 Å². The number of benzene rings is 2. The lowest BCUT2D eigenvalue weighted by atomic mass is 10.1. The third-order valence-electron chi connectivity index (χ3n) is 4.84. The molecule has 1 amide bonds. The van der Waals surface area contributed by atoms with Crippen molar-refractivity contribution in [1.29, 1.82) is 0 Å². The molecule has 0 saturated carbocycles. The molecular formula is C26H36N4O3S. The number of anilines is 1. The molecule has 0 aliphatic heterocycles. The molecule has 7 nitrogen and oxygen atoms in total. The maximum absolute atomic E-state index is 12.7. The third kappa shape index (κ3) is 8.12. The van der Waals surface area contributed by atoms with E-state index in [9.17, 15) is 13.2 Å². The zero-order valence-electron chi connectivity index (χ0n) is 20.3. The van der Waals surface area contributed by atoms with Gasteiger partial charge in [-0.05, 0) is 69.2 Å². The fourth-order valence-electron chi connectivity index (χ4n) is 3.02. The molecule has 0 aliphatic carbocycles. The molecule has 0 heterocycles. The smallest absolute Gasteiger partial charge is 0.255 e. The number of amides is 1. The van der Waals surface area contributed by atoms with Crippen LogP contribution in [0.1, 0.15) is 52.5 Å². The standard InChI is InChI=1S/C26H32N4O3S.2H2/c1-7-27-17-25(18(2)3)28-16-19(4)29-20(5)21-10-8-12-23(14-21)30-26(31)22-11-9-13-24(15-22)34(6,32)33;;/h8-17,20,29H,2,7H2,1,3-6H3,(H,30,31);2*1H/b19-16+,27-17?,28-25?;;/t20-;;/m0../s1. The summed E-state index contributed by atoms with van der Waals surface area (Å²) in [6, 6.07) is 13.4. The normalized spacial score (nSPS) is 13.6. The van der Waals surface area contributed by atoms with Crippen molar-refractivity contribution in [3.63, 3.8) is 0 Å². The summed E-state index contributed by atoms with van der Waals surface area (Å²) in [5, 5.41) is 6.22. The number of nitrogens with zero attached hydrogens (tertiary/aromatic N) is 2. The maximum Gasteiger partial charge on any atom is 0.255 e. The van der Waals surface area contributed by atoms with Crippen LogP contribution >= 0.6 is 0 Å². The van der Waals surface area contributed by atoms with E-state index in [1.807, 2.05) is 45.9 Å². The Bertz CT molecular complexity index is 1260. The van der Waals surface area contributed by atoms with Crippen LogP contribution in [0.2, 0.25) is 0 Å². The number of allylic oxidation sites excluding steroid dienone is 2. The van der Waals surface area contributed by atoms with Crippen molar-refractivity contribution in [2.75, 3.05) is 18.1 Å². The van der Waals surface area contributed by atoms with Crippen molar-refractivity contribution in [2.45, 2.75) is 38.6 Å². The summed E-state index contributed by atoms with van der Waals surface area (Å²) >= 11 is 0. The Morgan fingerprint density at radius 3 is 2.53 bits per heavy atom. The van der Waals surface area contributed by atoms with Gasteiger partial charge < -0.3 is 10.6 Å². The summed E-state index contributed by atoms with van der Waals surface area (Å²) in [4.78, 5) is 21.5. The molecule has 8 heteroatoms. The van der Waals surface area contributed by atoms with Crippen molar-refractivity contribution in [2.24, 2.45) is 9.98 Å². The van der Waals surface area contributed by atoms with Crippen LogP contribution in [0.4, 0.5) is 5.69 Å². The molecule has 0 bridgehead atoms. The van der Waals surface area contributed by atoms with Gasteiger partial charge in [-0.15, -0.1) is 0 Å². The topological polar surface area (TPSA) is 100.0 Å². The van der Waals surface area contributed by atoms with E-state index in [1.54, 1.807) is 30.6 Å². The Kier molecular flexibility index (Phi) is 9.50. The molecule has 0 spiro atoms. The molecule has 34 heavy (non-hydrogen) atoms. The second kappa shape index (κ2) is 12.1. The Morgan fingerprint density at radius 1 is 1.18 bits per heavy atom. The van der Waals surface area contributed by atoms with Gasteiger partial charge in [0.1, 0.15) is 0 Å². The number of hydrogen-bond donors (Lipinski definition) is 2. The molecule has 2 N–H and O–H groups in total. The minimum absolute atomic E-state index is 0. The molecule has 0 fully saturated rings. The van der Waals surface area contributed by atoms with Crippen LogP contribution in [0, 0.1) is 0 Å². The second-order valence-electron chi connectivity index (χ2n) is 7.98. The summed E-state index contributed by atoms with van der Waals surface area (Å²) in [6.07, 6.45) is 4.57. The van der Waals surface area contributed by atoms with Gasteiger partial charge in [-0.1, -0.05) is 24.8 Å². The summed E-state index contributed by atoms with van der Waals surface area (Å²) in [6.45, 7) is 12.4. The van der Waals surface area contributed by atoms with Gasteiger partial charge in [-0.3, -0.25) is 14.8 Å². The molecule has 0 aliphatic rings. The minimum atomic E-state index is -3.40. The summed E-state index contributed by atoms with van der Waals surface area (Å²) in [5.74, 6) is -0.380. The van der Waals surface area contributed by atoms with E-state index >= 15 is 0 Å². The number of rotatable bonds is 10. The van der Waals surface area contributed by atoms with E-state index < -0.39 is 9.84 Å². The van der Waals surface area contributed by atoms with E-state index in [1.165, 1.54) is 12.1 Å². The van der Waals surface area contributed by atoms with Gasteiger partial charge in [0, 0.05) is 51.1 Å². The molecule has 0 unspecified atom stereocenters. The van der Waals surface area contributed by atoms with Crippen LogP contribution in [0.25, 0.3) is 0 Å². The highest BCUT2D eigenvalue weighted by Gasteiger charge is 2.13. The first-order chi connectivity index (χ1) is 16.0. The number of nitrogens with one attached hydrogen (secondary N) is 2. The molecule has 0 radical (unpaired) electrons. The van der Waals surface area contributed by atoms with Gasteiger partial charge in [0.15, 0.2) is 9.84 Å². The Labute approximate surface area is 205 Å². The van der Waals surface area contributed by atoms with Crippen molar-refractivity contribution in [3.8, 4) is 0 Å².